The normalized spacial score (nSPS) is 22.0. The fourth-order valence-corrected chi connectivity index (χ4v) is 4.03. The predicted octanol–water partition coefficient (Wildman–Crippen LogP) is 1.77. The smallest absolute Gasteiger partial charge is 0.306 e. The minimum Gasteiger partial charge on any atom is -0.481 e. The lowest BCUT2D eigenvalue weighted by atomic mass is 10.1. The Morgan fingerprint density at radius 1 is 1.18 bits per heavy atom. The Kier molecular flexibility index (Phi) is 3.84. The number of hydrogen-bond donors (Lipinski definition) is 2. The lowest BCUT2D eigenvalue weighted by Crippen LogP contribution is -2.33. The summed E-state index contributed by atoms with van der Waals surface area (Å²) in [6.07, 6.45) is 1.35. The van der Waals surface area contributed by atoms with Gasteiger partial charge in [0.2, 0.25) is 0 Å². The molecule has 0 bridgehead atoms. The van der Waals surface area contributed by atoms with Gasteiger partial charge in [0.15, 0.2) is 5.03 Å². The highest BCUT2D eigenvalue weighted by Gasteiger charge is 2.32. The molecule has 1 aliphatic carbocycles. The molecule has 0 saturated heterocycles. The number of aromatic nitrogens is 1. The number of carboxylic acid groups (broad SMARTS) is 1. The number of hydrogen-bond acceptors (Lipinski definition) is 4. The molecule has 2 atom stereocenters. The van der Waals surface area contributed by atoms with E-state index in [0.717, 1.165) is 5.39 Å². The molecule has 3 rings (SSSR count). The van der Waals surface area contributed by atoms with Crippen LogP contribution in [0.4, 0.5) is 0 Å². The van der Waals surface area contributed by atoms with E-state index in [9.17, 15) is 13.2 Å². The van der Waals surface area contributed by atoms with E-state index in [2.05, 4.69) is 9.71 Å². The number of fused-ring (bicyclic) bond motifs is 1. The molecule has 1 aromatic carbocycles. The summed E-state index contributed by atoms with van der Waals surface area (Å²) in [5.74, 6) is -1.34. The lowest BCUT2D eigenvalue weighted by molar-refractivity contribution is -0.141. The molecule has 1 fully saturated rings. The highest BCUT2D eigenvalue weighted by atomic mass is 32.2. The molecular weight excluding hydrogens is 304 g/mol. The van der Waals surface area contributed by atoms with Gasteiger partial charge in [-0.15, -0.1) is 0 Å². The molecule has 1 aliphatic rings. The van der Waals surface area contributed by atoms with Crippen LogP contribution in [-0.4, -0.2) is 30.5 Å². The molecule has 116 valence electrons. The first-order chi connectivity index (χ1) is 10.5. The number of carboxylic acids is 1. The van der Waals surface area contributed by atoms with E-state index in [4.69, 9.17) is 5.11 Å². The molecule has 1 heterocycles. The quantitative estimate of drug-likeness (QED) is 0.895. The van der Waals surface area contributed by atoms with Crippen LogP contribution in [0, 0.1) is 5.92 Å². The third kappa shape index (κ3) is 2.95. The zero-order chi connectivity index (χ0) is 15.7. The highest BCUT2D eigenvalue weighted by Crippen LogP contribution is 2.27. The number of carbonyl (C=O) groups is 1. The molecule has 0 radical (unpaired) electrons. The Hall–Kier alpha value is -1.99. The second-order valence-corrected chi connectivity index (χ2v) is 7.17. The molecule has 0 amide bonds. The molecule has 2 unspecified atom stereocenters. The highest BCUT2D eigenvalue weighted by molar-refractivity contribution is 7.89. The molecule has 2 N–H and O–H groups in total. The molecule has 1 aromatic heterocycles. The Bertz CT molecular complexity index is 819. The summed E-state index contributed by atoms with van der Waals surface area (Å²) in [7, 11) is -3.74. The van der Waals surface area contributed by atoms with Gasteiger partial charge in [-0.2, -0.15) is 0 Å². The summed E-state index contributed by atoms with van der Waals surface area (Å²) in [4.78, 5) is 15.1. The largest absolute Gasteiger partial charge is 0.481 e. The van der Waals surface area contributed by atoms with Crippen molar-refractivity contribution < 1.29 is 18.3 Å². The Morgan fingerprint density at radius 3 is 2.68 bits per heavy atom. The minimum absolute atomic E-state index is 0.0371. The van der Waals surface area contributed by atoms with Crippen LogP contribution < -0.4 is 4.72 Å². The van der Waals surface area contributed by atoms with Crippen LogP contribution in [0.2, 0.25) is 0 Å². The number of nitrogens with zero attached hydrogens (tertiary/aromatic N) is 1. The van der Waals surface area contributed by atoms with Gasteiger partial charge in [0.1, 0.15) is 0 Å². The van der Waals surface area contributed by atoms with Gasteiger partial charge in [0, 0.05) is 11.4 Å². The zero-order valence-electron chi connectivity index (χ0n) is 11.8. The zero-order valence-corrected chi connectivity index (χ0v) is 12.6. The second-order valence-electron chi connectivity index (χ2n) is 5.51. The fraction of sp³-hybridized carbons (Fsp3) is 0.333. The average molecular weight is 320 g/mol. The first-order valence-corrected chi connectivity index (χ1v) is 8.55. The van der Waals surface area contributed by atoms with Gasteiger partial charge in [-0.3, -0.25) is 4.79 Å². The van der Waals surface area contributed by atoms with E-state index in [1.54, 1.807) is 18.2 Å². The molecule has 0 aliphatic heterocycles. The summed E-state index contributed by atoms with van der Waals surface area (Å²) in [6.45, 7) is 0. The number of sulfonamides is 1. The Labute approximate surface area is 128 Å². The van der Waals surface area contributed by atoms with Crippen molar-refractivity contribution in [2.45, 2.75) is 30.3 Å². The molecule has 7 heteroatoms. The number of aliphatic carboxylic acids is 1. The maximum Gasteiger partial charge on any atom is 0.306 e. The van der Waals surface area contributed by atoms with Crippen LogP contribution in [-0.2, 0) is 14.8 Å². The Morgan fingerprint density at radius 2 is 1.95 bits per heavy atom. The number of rotatable bonds is 4. The van der Waals surface area contributed by atoms with Gasteiger partial charge in [0.05, 0.1) is 11.4 Å². The predicted molar refractivity (Wildman–Crippen MR) is 80.8 cm³/mol. The van der Waals surface area contributed by atoms with Gasteiger partial charge in [-0.05, 0) is 37.5 Å². The number of para-hydroxylation sites is 1. The number of nitrogens with one attached hydrogen (secondary N) is 1. The third-order valence-electron chi connectivity index (χ3n) is 3.95. The van der Waals surface area contributed by atoms with Gasteiger partial charge in [-0.1, -0.05) is 18.2 Å². The minimum atomic E-state index is -3.74. The third-order valence-corrected chi connectivity index (χ3v) is 5.37. The first-order valence-electron chi connectivity index (χ1n) is 7.06. The van der Waals surface area contributed by atoms with E-state index in [1.807, 2.05) is 12.1 Å². The molecule has 0 spiro atoms. The summed E-state index contributed by atoms with van der Waals surface area (Å²) >= 11 is 0. The summed E-state index contributed by atoms with van der Waals surface area (Å²) in [5, 5.41) is 9.81. The SMILES string of the molecule is O=C(O)C1CCC(NS(=O)(=O)c2ccc3ccccc3n2)C1. The fourth-order valence-electron chi connectivity index (χ4n) is 2.79. The number of benzene rings is 1. The van der Waals surface area contributed by atoms with Crippen LogP contribution >= 0.6 is 0 Å². The van der Waals surface area contributed by atoms with Crippen molar-refractivity contribution in [2.75, 3.05) is 0 Å². The molecule has 22 heavy (non-hydrogen) atoms. The van der Waals surface area contributed by atoms with Gasteiger partial charge in [-0.25, -0.2) is 18.1 Å². The summed E-state index contributed by atoms with van der Waals surface area (Å²) in [6, 6.07) is 10.1. The van der Waals surface area contributed by atoms with Crippen molar-refractivity contribution in [3.05, 3.63) is 36.4 Å². The maximum absolute atomic E-state index is 12.4. The molecular formula is C15H16N2O4S. The Balaban J connectivity index is 1.81. The topological polar surface area (TPSA) is 96.4 Å². The van der Waals surface area contributed by atoms with Crippen LogP contribution in [0.25, 0.3) is 10.9 Å². The van der Waals surface area contributed by atoms with Crippen LogP contribution in [0.3, 0.4) is 0 Å². The number of pyridine rings is 1. The molecule has 6 nitrogen and oxygen atoms in total. The van der Waals surface area contributed by atoms with Gasteiger partial charge >= 0.3 is 5.97 Å². The van der Waals surface area contributed by atoms with Gasteiger partial charge in [0.25, 0.3) is 10.0 Å². The average Bonchev–Trinajstić information content (AvgIpc) is 2.95. The van der Waals surface area contributed by atoms with Crippen molar-refractivity contribution >= 4 is 26.9 Å². The van der Waals surface area contributed by atoms with Crippen molar-refractivity contribution in [2.24, 2.45) is 5.92 Å². The lowest BCUT2D eigenvalue weighted by Gasteiger charge is -2.12. The monoisotopic (exact) mass is 320 g/mol. The van der Waals surface area contributed by atoms with E-state index in [-0.39, 0.29) is 11.1 Å². The van der Waals surface area contributed by atoms with Crippen LogP contribution in [0.5, 0.6) is 0 Å². The van der Waals surface area contributed by atoms with Crippen molar-refractivity contribution in [3.8, 4) is 0 Å². The maximum atomic E-state index is 12.4. The summed E-state index contributed by atoms with van der Waals surface area (Å²) < 4.78 is 27.3. The van der Waals surface area contributed by atoms with Crippen molar-refractivity contribution in [1.29, 1.82) is 0 Å². The molecule has 1 saturated carbocycles. The first kappa shape index (κ1) is 14.9. The van der Waals surface area contributed by atoms with E-state index >= 15 is 0 Å². The van der Waals surface area contributed by atoms with E-state index < -0.39 is 21.9 Å². The standard InChI is InChI=1S/C15H16N2O4S/c18-15(19)11-5-7-12(9-11)17-22(20,21)14-8-6-10-3-1-2-4-13(10)16-14/h1-4,6,8,11-12,17H,5,7,9H2,(H,18,19). The summed E-state index contributed by atoms with van der Waals surface area (Å²) in [5.41, 5.74) is 0.611. The van der Waals surface area contributed by atoms with Gasteiger partial charge < -0.3 is 5.11 Å². The van der Waals surface area contributed by atoms with Crippen LogP contribution in [0.15, 0.2) is 41.4 Å². The van der Waals surface area contributed by atoms with E-state index in [1.165, 1.54) is 6.07 Å². The van der Waals surface area contributed by atoms with Crippen molar-refractivity contribution in [3.63, 3.8) is 0 Å². The van der Waals surface area contributed by atoms with Crippen molar-refractivity contribution in [1.82, 2.24) is 9.71 Å². The molecule has 2 aromatic rings. The van der Waals surface area contributed by atoms with E-state index in [0.29, 0.717) is 24.8 Å². The van der Waals surface area contributed by atoms with Crippen LogP contribution in [0.1, 0.15) is 19.3 Å². The second kappa shape index (κ2) is 5.66.